The third kappa shape index (κ3) is 10.7. The Morgan fingerprint density at radius 1 is 1.27 bits per heavy atom. The zero-order valence-corrected chi connectivity index (χ0v) is 8.19. The molecule has 0 N–H and O–H groups in total. The smallest absolute Gasteiger partial charge is 0.822 e. The summed E-state index contributed by atoms with van der Waals surface area (Å²) >= 11 is 0. The number of hydrogen-bond donors (Lipinski definition) is 0. The summed E-state index contributed by atoms with van der Waals surface area (Å²) in [6, 6.07) is 7.60. The fraction of sp³-hybridized carbons (Fsp3) is 0. The summed E-state index contributed by atoms with van der Waals surface area (Å²) in [5, 5.41) is 8.23. The minimum Gasteiger partial charge on any atom is -0.822 e. The van der Waals surface area contributed by atoms with Gasteiger partial charge in [-0.2, -0.15) is 13.1 Å². The molecule has 0 aliphatic heterocycles. The minimum absolute atomic E-state index is 0. The summed E-state index contributed by atoms with van der Waals surface area (Å²) in [5.41, 5.74) is 0.0949. The number of hydrogen-bond acceptors (Lipinski definition) is 5. The number of nitriles is 1. The third-order valence-electron chi connectivity index (χ3n) is 0.994. The van der Waals surface area contributed by atoms with Gasteiger partial charge in [0.25, 0.3) is 0 Å². The summed E-state index contributed by atoms with van der Waals surface area (Å²) in [6.07, 6.45) is 0. The van der Waals surface area contributed by atoms with Crippen molar-refractivity contribution in [2.24, 2.45) is 0 Å². The summed E-state index contributed by atoms with van der Waals surface area (Å²) in [7, 11) is -5.39. The molecule has 15 heavy (non-hydrogen) atoms. The van der Waals surface area contributed by atoms with Gasteiger partial charge in [-0.15, -0.1) is 0 Å². The molecule has 0 spiro atoms. The second-order valence-electron chi connectivity index (χ2n) is 2.04. The number of halogens is 1. The molecule has 0 radical (unpaired) electrons. The van der Waals surface area contributed by atoms with Gasteiger partial charge in [-0.1, -0.05) is 12.1 Å². The molecule has 0 aliphatic rings. The van der Waals surface area contributed by atoms with Crippen LogP contribution in [0.25, 0.3) is 0 Å². The van der Waals surface area contributed by atoms with E-state index in [2.05, 4.69) is 0 Å². The second kappa shape index (κ2) is 7.15. The Balaban J connectivity index is 0. The van der Waals surface area contributed by atoms with Crippen LogP contribution in [0.4, 0.5) is 4.39 Å². The summed E-state index contributed by atoms with van der Waals surface area (Å²) in [6.45, 7) is 0. The molecule has 0 aliphatic carbocycles. The molecular weight excluding hydrogens is 223 g/mol. The van der Waals surface area contributed by atoms with E-state index in [-0.39, 0.29) is 14.0 Å². The first kappa shape index (κ1) is 16.3. The van der Waals surface area contributed by atoms with Gasteiger partial charge in [0.1, 0.15) is 11.9 Å². The number of rotatable bonds is 0. The van der Waals surface area contributed by atoms with Crippen LogP contribution in [-0.4, -0.2) is 8.41 Å². The van der Waals surface area contributed by atoms with Crippen LogP contribution in [0.5, 0.6) is 0 Å². The van der Waals surface area contributed by atoms with Crippen LogP contribution < -0.4 is 14.7 Å². The maximum Gasteiger partial charge on any atom is 3.00 e. The molecule has 0 amide bonds. The van der Waals surface area contributed by atoms with Gasteiger partial charge in [-0.25, -0.2) is 4.39 Å². The molecule has 0 atom stereocenters. The van der Waals surface area contributed by atoms with Gasteiger partial charge < -0.3 is 19.2 Å². The molecule has 1 aromatic rings. The Morgan fingerprint density at radius 3 is 1.93 bits per heavy atom. The molecule has 5 nitrogen and oxygen atoms in total. The van der Waals surface area contributed by atoms with Crippen LogP contribution in [0.3, 0.4) is 0 Å². The predicted octanol–water partition coefficient (Wildman–Crippen LogP) is -1.51. The SMILES string of the molecule is N#Cc1ccccc1F.O=P([O-])([O-])[O-].[B+3]. The Bertz CT molecular complexity index is 381. The van der Waals surface area contributed by atoms with Gasteiger partial charge in [0.2, 0.25) is 0 Å². The Hall–Kier alpha value is -1.19. The Kier molecular flexibility index (Phi) is 7.75. The normalized spacial score (nSPS) is 9.00. The molecule has 1 rings (SSSR count). The van der Waals surface area contributed by atoms with E-state index in [0.717, 1.165) is 0 Å². The largest absolute Gasteiger partial charge is 3.00 e. The molecule has 0 saturated heterocycles. The van der Waals surface area contributed by atoms with Gasteiger partial charge in [-0.3, -0.25) is 0 Å². The first-order chi connectivity index (χ1) is 6.34. The standard InChI is InChI=1S/C7H4FN.B.H3O4P/c8-7-4-2-1-3-6(7)5-9;;1-5(2,3)4/h1-4H;;(H3,1,2,3,4)/q;+3;/p-3. The zero-order valence-electron chi connectivity index (χ0n) is 7.29. The van der Waals surface area contributed by atoms with Crippen molar-refractivity contribution in [2.45, 2.75) is 0 Å². The van der Waals surface area contributed by atoms with Gasteiger partial charge in [0.05, 0.1) is 5.56 Å². The third-order valence-corrected chi connectivity index (χ3v) is 0.994. The molecule has 0 heterocycles. The summed E-state index contributed by atoms with van der Waals surface area (Å²) in [5.74, 6) is -0.458. The van der Waals surface area contributed by atoms with E-state index in [0.29, 0.717) is 0 Å². The van der Waals surface area contributed by atoms with E-state index < -0.39 is 13.6 Å². The van der Waals surface area contributed by atoms with E-state index in [1.165, 1.54) is 12.1 Å². The van der Waals surface area contributed by atoms with Crippen molar-refractivity contribution in [2.75, 3.05) is 0 Å². The Morgan fingerprint density at radius 2 is 1.67 bits per heavy atom. The van der Waals surface area contributed by atoms with Crippen molar-refractivity contribution in [1.29, 1.82) is 5.26 Å². The van der Waals surface area contributed by atoms with E-state index >= 15 is 0 Å². The topological polar surface area (TPSA) is 110 Å². The fourth-order valence-corrected chi connectivity index (χ4v) is 0.552. The number of benzene rings is 1. The van der Waals surface area contributed by atoms with Gasteiger partial charge >= 0.3 is 8.41 Å². The van der Waals surface area contributed by atoms with Crippen molar-refractivity contribution < 1.29 is 23.6 Å². The van der Waals surface area contributed by atoms with Crippen LogP contribution >= 0.6 is 7.82 Å². The van der Waals surface area contributed by atoms with E-state index in [9.17, 15) is 4.39 Å². The Labute approximate surface area is 87.6 Å². The van der Waals surface area contributed by atoms with Crippen LogP contribution in [-0.2, 0) is 4.57 Å². The average Bonchev–Trinajstić information content (AvgIpc) is 2.02. The number of nitrogens with zero attached hydrogens (tertiary/aromatic N) is 1. The first-order valence-corrected chi connectivity index (χ1v) is 4.68. The van der Waals surface area contributed by atoms with Gasteiger partial charge in [-0.05, 0) is 12.1 Å². The molecule has 8 heteroatoms. The van der Waals surface area contributed by atoms with E-state index in [1.807, 2.05) is 0 Å². The quantitative estimate of drug-likeness (QED) is 0.395. The summed E-state index contributed by atoms with van der Waals surface area (Å²) in [4.78, 5) is 25.6. The molecule has 0 bridgehead atoms. The van der Waals surface area contributed by atoms with Crippen molar-refractivity contribution in [3.63, 3.8) is 0 Å². The zero-order chi connectivity index (χ0) is 11.2. The molecular formula is C7H4BFNO4P. The summed E-state index contributed by atoms with van der Waals surface area (Å²) < 4.78 is 20.9. The van der Waals surface area contributed by atoms with E-state index in [4.69, 9.17) is 24.5 Å². The maximum absolute atomic E-state index is 12.4. The van der Waals surface area contributed by atoms with Gasteiger partial charge in [0.15, 0.2) is 0 Å². The first-order valence-electron chi connectivity index (χ1n) is 3.22. The molecule has 0 unspecified atom stereocenters. The average molecular weight is 227 g/mol. The van der Waals surface area contributed by atoms with Crippen molar-refractivity contribution >= 4 is 16.2 Å². The van der Waals surface area contributed by atoms with Gasteiger partial charge in [0, 0.05) is 0 Å². The minimum atomic E-state index is -5.39. The van der Waals surface area contributed by atoms with Crippen LogP contribution in [0.1, 0.15) is 5.56 Å². The monoisotopic (exact) mass is 227 g/mol. The van der Waals surface area contributed by atoms with Crippen LogP contribution in [0, 0.1) is 17.1 Å². The molecule has 0 aromatic heterocycles. The van der Waals surface area contributed by atoms with Crippen LogP contribution in [0.15, 0.2) is 24.3 Å². The fourth-order valence-electron chi connectivity index (χ4n) is 0.552. The van der Waals surface area contributed by atoms with Crippen molar-refractivity contribution in [1.82, 2.24) is 0 Å². The molecule has 1 aromatic carbocycles. The van der Waals surface area contributed by atoms with Crippen molar-refractivity contribution in [3.8, 4) is 6.07 Å². The molecule has 0 saturated carbocycles. The maximum atomic E-state index is 12.4. The van der Waals surface area contributed by atoms with E-state index in [1.54, 1.807) is 18.2 Å². The molecule has 0 fully saturated rings. The van der Waals surface area contributed by atoms with Crippen LogP contribution in [0.2, 0.25) is 0 Å². The van der Waals surface area contributed by atoms with Crippen molar-refractivity contribution in [3.05, 3.63) is 35.6 Å². The molecule has 76 valence electrons. The number of phosphoric acid groups is 1. The predicted molar refractivity (Wildman–Crippen MR) is 44.5 cm³/mol. The second-order valence-corrected chi connectivity index (χ2v) is 2.93.